The highest BCUT2D eigenvalue weighted by atomic mass is 16.5. The van der Waals surface area contributed by atoms with E-state index >= 15 is 0 Å². The molecule has 0 aliphatic heterocycles. The van der Waals surface area contributed by atoms with Gasteiger partial charge < -0.3 is 20.9 Å². The number of benzene rings is 2. The largest absolute Gasteiger partial charge is 0.491 e. The minimum absolute atomic E-state index is 0.291. The molecule has 0 aliphatic carbocycles. The van der Waals surface area contributed by atoms with Crippen molar-refractivity contribution < 1.29 is 9.84 Å². The number of anilines is 1. The fraction of sp³-hybridized carbons (Fsp3) is 0.294. The number of hydrogen-bond donors (Lipinski definition) is 3. The van der Waals surface area contributed by atoms with Crippen molar-refractivity contribution in [3.63, 3.8) is 0 Å². The second kappa shape index (κ2) is 8.29. The zero-order chi connectivity index (χ0) is 14.9. The molecule has 0 saturated heterocycles. The van der Waals surface area contributed by atoms with Gasteiger partial charge in [-0.3, -0.25) is 0 Å². The van der Waals surface area contributed by atoms with Gasteiger partial charge in [0.2, 0.25) is 0 Å². The molecule has 1 unspecified atom stereocenters. The van der Waals surface area contributed by atoms with Crippen molar-refractivity contribution in [3.05, 3.63) is 60.2 Å². The summed E-state index contributed by atoms with van der Waals surface area (Å²) in [6.45, 7) is 1.62. The SMILES string of the molecule is Nc1ccc(CCNCC(O)COc2ccccc2)cc1. The van der Waals surface area contributed by atoms with Gasteiger partial charge in [-0.25, -0.2) is 0 Å². The summed E-state index contributed by atoms with van der Waals surface area (Å²) in [4.78, 5) is 0. The molecule has 0 heterocycles. The molecule has 21 heavy (non-hydrogen) atoms. The van der Waals surface area contributed by atoms with E-state index in [0.29, 0.717) is 13.2 Å². The van der Waals surface area contributed by atoms with E-state index in [1.54, 1.807) is 0 Å². The van der Waals surface area contributed by atoms with Gasteiger partial charge in [-0.1, -0.05) is 30.3 Å². The van der Waals surface area contributed by atoms with Crippen LogP contribution in [0.15, 0.2) is 54.6 Å². The number of aliphatic hydroxyl groups excluding tert-OH is 1. The molecular formula is C17H22N2O2. The maximum absolute atomic E-state index is 9.84. The lowest BCUT2D eigenvalue weighted by molar-refractivity contribution is 0.106. The number of nitrogens with one attached hydrogen (secondary N) is 1. The molecule has 0 aromatic heterocycles. The van der Waals surface area contributed by atoms with Crippen LogP contribution < -0.4 is 15.8 Å². The van der Waals surface area contributed by atoms with E-state index in [1.807, 2.05) is 54.6 Å². The van der Waals surface area contributed by atoms with Gasteiger partial charge in [0.15, 0.2) is 0 Å². The molecule has 112 valence electrons. The Bertz CT molecular complexity index is 514. The summed E-state index contributed by atoms with van der Waals surface area (Å²) >= 11 is 0. The van der Waals surface area contributed by atoms with Crippen molar-refractivity contribution in [2.45, 2.75) is 12.5 Å². The third-order valence-electron chi connectivity index (χ3n) is 3.14. The Balaban J connectivity index is 1.59. The summed E-state index contributed by atoms with van der Waals surface area (Å²) in [7, 11) is 0. The van der Waals surface area contributed by atoms with Crippen LogP contribution in [0.1, 0.15) is 5.56 Å². The Morgan fingerprint density at radius 3 is 2.48 bits per heavy atom. The highest BCUT2D eigenvalue weighted by Gasteiger charge is 2.04. The van der Waals surface area contributed by atoms with Crippen LogP contribution in [0.3, 0.4) is 0 Å². The standard InChI is InChI=1S/C17H22N2O2/c18-15-8-6-14(7-9-15)10-11-19-12-16(20)13-21-17-4-2-1-3-5-17/h1-9,16,19-20H,10-13,18H2. The summed E-state index contributed by atoms with van der Waals surface area (Å²) in [5, 5.41) is 13.1. The maximum Gasteiger partial charge on any atom is 0.119 e. The topological polar surface area (TPSA) is 67.5 Å². The van der Waals surface area contributed by atoms with E-state index in [0.717, 1.165) is 24.4 Å². The third-order valence-corrected chi connectivity index (χ3v) is 3.14. The second-order valence-corrected chi connectivity index (χ2v) is 4.97. The van der Waals surface area contributed by atoms with E-state index in [1.165, 1.54) is 5.56 Å². The lowest BCUT2D eigenvalue weighted by Gasteiger charge is -2.13. The molecule has 0 fully saturated rings. The van der Waals surface area contributed by atoms with Crippen LogP contribution in [0.25, 0.3) is 0 Å². The molecule has 2 aromatic carbocycles. The molecule has 0 bridgehead atoms. The molecule has 0 radical (unpaired) electrons. The van der Waals surface area contributed by atoms with Crippen LogP contribution >= 0.6 is 0 Å². The third kappa shape index (κ3) is 5.85. The first kappa shape index (κ1) is 15.4. The van der Waals surface area contributed by atoms with E-state index in [2.05, 4.69) is 5.32 Å². The Morgan fingerprint density at radius 1 is 1.05 bits per heavy atom. The molecule has 0 amide bonds. The average molecular weight is 286 g/mol. The first-order chi connectivity index (χ1) is 10.2. The van der Waals surface area contributed by atoms with E-state index in [9.17, 15) is 5.11 Å². The smallest absolute Gasteiger partial charge is 0.119 e. The zero-order valence-electron chi connectivity index (χ0n) is 12.0. The van der Waals surface area contributed by atoms with Gasteiger partial charge in [-0.2, -0.15) is 0 Å². The monoisotopic (exact) mass is 286 g/mol. The number of para-hydroxylation sites is 1. The number of hydrogen-bond acceptors (Lipinski definition) is 4. The Labute approximate surface area is 125 Å². The number of ether oxygens (including phenoxy) is 1. The number of rotatable bonds is 8. The van der Waals surface area contributed by atoms with Gasteiger partial charge in [0.05, 0.1) is 0 Å². The highest BCUT2D eigenvalue weighted by molar-refractivity contribution is 5.39. The predicted molar refractivity (Wildman–Crippen MR) is 85.4 cm³/mol. The minimum Gasteiger partial charge on any atom is -0.491 e. The summed E-state index contributed by atoms with van der Waals surface area (Å²) in [6.07, 6.45) is 0.392. The summed E-state index contributed by atoms with van der Waals surface area (Å²) in [5.41, 5.74) is 7.65. The van der Waals surface area contributed by atoms with Crippen molar-refractivity contribution in [2.75, 3.05) is 25.4 Å². The van der Waals surface area contributed by atoms with E-state index in [-0.39, 0.29) is 0 Å². The van der Waals surface area contributed by atoms with Crippen molar-refractivity contribution >= 4 is 5.69 Å². The zero-order valence-corrected chi connectivity index (χ0v) is 12.0. The van der Waals surface area contributed by atoms with Crippen LogP contribution in [0, 0.1) is 0 Å². The average Bonchev–Trinajstić information content (AvgIpc) is 2.52. The van der Waals surface area contributed by atoms with Gasteiger partial charge in [0, 0.05) is 12.2 Å². The first-order valence-electron chi connectivity index (χ1n) is 7.15. The predicted octanol–water partition coefficient (Wildman–Crippen LogP) is 1.84. The van der Waals surface area contributed by atoms with Crippen molar-refractivity contribution in [3.8, 4) is 5.75 Å². The Kier molecular flexibility index (Phi) is 6.06. The quantitative estimate of drug-likeness (QED) is 0.512. The van der Waals surface area contributed by atoms with E-state index < -0.39 is 6.10 Å². The molecule has 0 saturated carbocycles. The molecule has 1 atom stereocenters. The molecule has 4 heteroatoms. The maximum atomic E-state index is 9.84. The molecule has 2 aromatic rings. The second-order valence-electron chi connectivity index (χ2n) is 4.97. The molecular weight excluding hydrogens is 264 g/mol. The van der Waals surface area contributed by atoms with Gasteiger partial charge >= 0.3 is 0 Å². The normalized spacial score (nSPS) is 12.0. The molecule has 4 nitrogen and oxygen atoms in total. The van der Waals surface area contributed by atoms with Gasteiger partial charge in [0.1, 0.15) is 18.5 Å². The van der Waals surface area contributed by atoms with Crippen LogP contribution in [0.5, 0.6) is 5.75 Å². The van der Waals surface area contributed by atoms with Crippen LogP contribution in [-0.2, 0) is 6.42 Å². The fourth-order valence-corrected chi connectivity index (χ4v) is 1.95. The molecule has 0 aliphatic rings. The highest BCUT2D eigenvalue weighted by Crippen LogP contribution is 2.08. The fourth-order valence-electron chi connectivity index (χ4n) is 1.95. The molecule has 2 rings (SSSR count). The molecule has 4 N–H and O–H groups in total. The van der Waals surface area contributed by atoms with Crippen LogP contribution in [-0.4, -0.2) is 30.9 Å². The summed E-state index contributed by atoms with van der Waals surface area (Å²) < 4.78 is 5.49. The lowest BCUT2D eigenvalue weighted by Crippen LogP contribution is -2.32. The van der Waals surface area contributed by atoms with Gasteiger partial charge in [-0.15, -0.1) is 0 Å². The molecule has 0 spiro atoms. The Hall–Kier alpha value is -2.04. The first-order valence-corrected chi connectivity index (χ1v) is 7.15. The van der Waals surface area contributed by atoms with Crippen LogP contribution in [0.2, 0.25) is 0 Å². The minimum atomic E-state index is -0.517. The van der Waals surface area contributed by atoms with Gasteiger partial charge in [0.25, 0.3) is 0 Å². The Morgan fingerprint density at radius 2 is 1.76 bits per heavy atom. The lowest BCUT2D eigenvalue weighted by atomic mass is 10.1. The van der Waals surface area contributed by atoms with Crippen molar-refractivity contribution in [1.29, 1.82) is 0 Å². The summed E-state index contributed by atoms with van der Waals surface area (Å²) in [6, 6.07) is 17.3. The van der Waals surface area contributed by atoms with Crippen LogP contribution in [0.4, 0.5) is 5.69 Å². The van der Waals surface area contributed by atoms with Crippen molar-refractivity contribution in [1.82, 2.24) is 5.32 Å². The number of nitrogens with two attached hydrogens (primary N) is 1. The number of nitrogen functional groups attached to an aromatic ring is 1. The van der Waals surface area contributed by atoms with E-state index in [4.69, 9.17) is 10.5 Å². The summed E-state index contributed by atoms with van der Waals surface area (Å²) in [5.74, 6) is 0.776. The number of aliphatic hydroxyl groups is 1. The van der Waals surface area contributed by atoms with Gasteiger partial charge in [-0.05, 0) is 42.8 Å². The van der Waals surface area contributed by atoms with Crippen molar-refractivity contribution in [2.24, 2.45) is 0 Å².